The zero-order valence-electron chi connectivity index (χ0n) is 11.5. The minimum absolute atomic E-state index is 0.260. The third kappa shape index (κ3) is 2.04. The molecular weight excluding hydrogens is 270 g/mol. The summed E-state index contributed by atoms with van der Waals surface area (Å²) in [5.41, 5.74) is 9.50. The number of rotatable bonds is 2. The first kappa shape index (κ1) is 13.0. The number of para-hydroxylation sites is 1. The Balaban J connectivity index is 2.36. The van der Waals surface area contributed by atoms with Crippen molar-refractivity contribution in [3.63, 3.8) is 0 Å². The number of imidazole rings is 1. The van der Waals surface area contributed by atoms with E-state index in [1.165, 1.54) is 0 Å². The number of fused-ring (bicyclic) bond motifs is 1. The topological polar surface area (TPSA) is 43.8 Å². The molecule has 0 bridgehead atoms. The van der Waals surface area contributed by atoms with Crippen LogP contribution in [0.3, 0.4) is 0 Å². The standard InChI is InChI=1S/C16H16ClN3/c1-10(2)20-15-13(17)7-4-8-14(15)19-16(20)11-5-3-6-12(18)9-11/h3-10H,18H2,1-2H3. The molecule has 0 saturated heterocycles. The van der Waals surface area contributed by atoms with Crippen LogP contribution in [-0.4, -0.2) is 9.55 Å². The first-order valence-corrected chi connectivity index (χ1v) is 6.98. The van der Waals surface area contributed by atoms with Crippen LogP contribution < -0.4 is 5.73 Å². The number of anilines is 1. The van der Waals surface area contributed by atoms with Gasteiger partial charge in [-0.3, -0.25) is 0 Å². The van der Waals surface area contributed by atoms with Crippen LogP contribution in [0.15, 0.2) is 42.5 Å². The Morgan fingerprint density at radius 2 is 1.90 bits per heavy atom. The number of aromatic nitrogens is 2. The Kier molecular flexibility index (Phi) is 3.14. The molecule has 1 heterocycles. The minimum Gasteiger partial charge on any atom is -0.399 e. The summed E-state index contributed by atoms with van der Waals surface area (Å²) in [7, 11) is 0. The molecule has 4 heteroatoms. The Bertz CT molecular complexity index is 774. The average molecular weight is 286 g/mol. The lowest BCUT2D eigenvalue weighted by Gasteiger charge is -2.14. The second kappa shape index (κ2) is 4.84. The summed E-state index contributed by atoms with van der Waals surface area (Å²) >= 11 is 6.35. The van der Waals surface area contributed by atoms with Crippen LogP contribution in [0.2, 0.25) is 5.02 Å². The summed E-state index contributed by atoms with van der Waals surface area (Å²) in [6, 6.07) is 13.8. The van der Waals surface area contributed by atoms with Crippen LogP contribution in [-0.2, 0) is 0 Å². The molecule has 0 unspecified atom stereocenters. The molecule has 0 fully saturated rings. The lowest BCUT2D eigenvalue weighted by molar-refractivity contribution is 0.624. The fourth-order valence-corrected chi connectivity index (χ4v) is 2.75. The van der Waals surface area contributed by atoms with E-state index in [1.807, 2.05) is 42.5 Å². The van der Waals surface area contributed by atoms with Crippen molar-refractivity contribution in [3.05, 3.63) is 47.5 Å². The minimum atomic E-state index is 0.260. The third-order valence-electron chi connectivity index (χ3n) is 3.32. The molecule has 3 aromatic rings. The molecule has 0 aliphatic carbocycles. The molecule has 0 atom stereocenters. The van der Waals surface area contributed by atoms with Crippen LogP contribution in [0.25, 0.3) is 22.4 Å². The van der Waals surface area contributed by atoms with Gasteiger partial charge in [-0.15, -0.1) is 0 Å². The highest BCUT2D eigenvalue weighted by atomic mass is 35.5. The van der Waals surface area contributed by atoms with Gasteiger partial charge >= 0.3 is 0 Å². The number of halogens is 1. The van der Waals surface area contributed by atoms with E-state index >= 15 is 0 Å². The number of hydrogen-bond donors (Lipinski definition) is 1. The maximum absolute atomic E-state index is 6.35. The number of nitrogens with two attached hydrogens (primary N) is 1. The highest BCUT2D eigenvalue weighted by Gasteiger charge is 2.16. The van der Waals surface area contributed by atoms with E-state index < -0.39 is 0 Å². The van der Waals surface area contributed by atoms with Crippen molar-refractivity contribution in [1.82, 2.24) is 9.55 Å². The Morgan fingerprint density at radius 3 is 2.60 bits per heavy atom. The molecule has 3 nitrogen and oxygen atoms in total. The molecule has 20 heavy (non-hydrogen) atoms. The van der Waals surface area contributed by atoms with Gasteiger partial charge in [0.2, 0.25) is 0 Å². The van der Waals surface area contributed by atoms with Crippen LogP contribution >= 0.6 is 11.6 Å². The average Bonchev–Trinajstić information content (AvgIpc) is 2.79. The van der Waals surface area contributed by atoms with Crippen LogP contribution in [0, 0.1) is 0 Å². The molecule has 2 aromatic carbocycles. The maximum atomic E-state index is 6.35. The van der Waals surface area contributed by atoms with Gasteiger partial charge < -0.3 is 10.3 Å². The highest BCUT2D eigenvalue weighted by molar-refractivity contribution is 6.35. The Labute approximate surface area is 123 Å². The lowest BCUT2D eigenvalue weighted by atomic mass is 10.2. The van der Waals surface area contributed by atoms with E-state index in [4.69, 9.17) is 22.3 Å². The summed E-state index contributed by atoms with van der Waals surface area (Å²) in [4.78, 5) is 4.73. The molecule has 0 aliphatic heterocycles. The number of nitrogen functional groups attached to an aromatic ring is 1. The molecule has 0 amide bonds. The third-order valence-corrected chi connectivity index (χ3v) is 3.63. The Hall–Kier alpha value is -2.00. The van der Waals surface area contributed by atoms with Gasteiger partial charge in [0.25, 0.3) is 0 Å². The second-order valence-electron chi connectivity index (χ2n) is 5.13. The van der Waals surface area contributed by atoms with Crippen LogP contribution in [0.4, 0.5) is 5.69 Å². The van der Waals surface area contributed by atoms with Gasteiger partial charge in [0, 0.05) is 17.3 Å². The largest absolute Gasteiger partial charge is 0.399 e. The number of benzene rings is 2. The van der Waals surface area contributed by atoms with Crippen molar-refractivity contribution in [1.29, 1.82) is 0 Å². The molecular formula is C16H16ClN3. The van der Waals surface area contributed by atoms with E-state index in [0.29, 0.717) is 0 Å². The van der Waals surface area contributed by atoms with Gasteiger partial charge in [-0.05, 0) is 38.1 Å². The molecule has 0 aliphatic rings. The van der Waals surface area contributed by atoms with Gasteiger partial charge in [-0.2, -0.15) is 0 Å². The molecule has 2 N–H and O–H groups in total. The summed E-state index contributed by atoms with van der Waals surface area (Å²) in [6.45, 7) is 4.25. The predicted octanol–water partition coefficient (Wildman–Crippen LogP) is 4.52. The molecule has 0 saturated carbocycles. The predicted molar refractivity (Wildman–Crippen MR) is 85.0 cm³/mol. The molecule has 3 rings (SSSR count). The van der Waals surface area contributed by atoms with E-state index in [-0.39, 0.29) is 6.04 Å². The fourth-order valence-electron chi connectivity index (χ4n) is 2.49. The SMILES string of the molecule is CC(C)n1c(-c2cccc(N)c2)nc2cccc(Cl)c21. The number of hydrogen-bond acceptors (Lipinski definition) is 2. The van der Waals surface area contributed by atoms with E-state index in [0.717, 1.165) is 33.1 Å². The van der Waals surface area contributed by atoms with Gasteiger partial charge in [-0.1, -0.05) is 29.8 Å². The molecule has 102 valence electrons. The van der Waals surface area contributed by atoms with Crippen LogP contribution in [0.5, 0.6) is 0 Å². The van der Waals surface area contributed by atoms with Crippen molar-refractivity contribution < 1.29 is 0 Å². The Morgan fingerprint density at radius 1 is 1.15 bits per heavy atom. The quantitative estimate of drug-likeness (QED) is 0.704. The lowest BCUT2D eigenvalue weighted by Crippen LogP contribution is -2.03. The zero-order valence-corrected chi connectivity index (χ0v) is 12.2. The summed E-state index contributed by atoms with van der Waals surface area (Å²) < 4.78 is 2.16. The maximum Gasteiger partial charge on any atom is 0.141 e. The summed E-state index contributed by atoms with van der Waals surface area (Å²) in [5.74, 6) is 0.899. The zero-order chi connectivity index (χ0) is 14.3. The normalized spacial score (nSPS) is 11.4. The van der Waals surface area contributed by atoms with Gasteiger partial charge in [0.1, 0.15) is 5.82 Å². The highest BCUT2D eigenvalue weighted by Crippen LogP contribution is 2.32. The van der Waals surface area contributed by atoms with Crippen molar-refractivity contribution in [2.45, 2.75) is 19.9 Å². The van der Waals surface area contributed by atoms with Crippen LogP contribution in [0.1, 0.15) is 19.9 Å². The first-order chi connectivity index (χ1) is 9.58. The molecule has 1 aromatic heterocycles. The summed E-state index contributed by atoms with van der Waals surface area (Å²) in [5, 5.41) is 0.721. The van der Waals surface area contributed by atoms with Crippen molar-refractivity contribution >= 4 is 28.3 Å². The monoisotopic (exact) mass is 285 g/mol. The second-order valence-corrected chi connectivity index (χ2v) is 5.54. The van der Waals surface area contributed by atoms with E-state index in [9.17, 15) is 0 Å². The first-order valence-electron chi connectivity index (χ1n) is 6.60. The molecule has 0 spiro atoms. The fraction of sp³-hybridized carbons (Fsp3) is 0.188. The smallest absolute Gasteiger partial charge is 0.141 e. The summed E-state index contributed by atoms with van der Waals surface area (Å²) in [6.07, 6.45) is 0. The van der Waals surface area contributed by atoms with E-state index in [1.54, 1.807) is 0 Å². The van der Waals surface area contributed by atoms with Crippen molar-refractivity contribution in [2.75, 3.05) is 5.73 Å². The van der Waals surface area contributed by atoms with Gasteiger partial charge in [-0.25, -0.2) is 4.98 Å². The van der Waals surface area contributed by atoms with Gasteiger partial charge in [0.15, 0.2) is 0 Å². The van der Waals surface area contributed by atoms with Gasteiger partial charge in [0.05, 0.1) is 16.1 Å². The number of nitrogens with zero attached hydrogens (tertiary/aromatic N) is 2. The van der Waals surface area contributed by atoms with Crippen molar-refractivity contribution in [2.24, 2.45) is 0 Å². The molecule has 0 radical (unpaired) electrons. The van der Waals surface area contributed by atoms with E-state index in [2.05, 4.69) is 18.4 Å². The van der Waals surface area contributed by atoms with Crippen molar-refractivity contribution in [3.8, 4) is 11.4 Å².